The zero-order chi connectivity index (χ0) is 13.0. The average Bonchev–Trinajstić information content (AvgIpc) is 2.33. The number of aryl methyl sites for hydroxylation is 2. The van der Waals surface area contributed by atoms with E-state index in [9.17, 15) is 0 Å². The molecule has 18 heavy (non-hydrogen) atoms. The molecule has 0 aromatic heterocycles. The van der Waals surface area contributed by atoms with Crippen molar-refractivity contribution in [3.8, 4) is 0 Å². The lowest BCUT2D eigenvalue weighted by Crippen LogP contribution is -2.39. The smallest absolute Gasteiger partial charge is 0.0398 e. The summed E-state index contributed by atoms with van der Waals surface area (Å²) < 4.78 is 0. The molecule has 0 bridgehead atoms. The van der Waals surface area contributed by atoms with Gasteiger partial charge in [0, 0.05) is 24.8 Å². The lowest BCUT2D eigenvalue weighted by molar-refractivity contribution is 0.439. The molecular weight excluding hydrogens is 220 g/mol. The first-order chi connectivity index (χ1) is 8.70. The van der Waals surface area contributed by atoms with Crippen LogP contribution in [0.3, 0.4) is 0 Å². The summed E-state index contributed by atoms with van der Waals surface area (Å²) in [6, 6.07) is 7.49. The summed E-state index contributed by atoms with van der Waals surface area (Å²) in [4.78, 5) is 2.58. The fourth-order valence-corrected chi connectivity index (χ4v) is 2.75. The highest BCUT2D eigenvalue weighted by Gasteiger charge is 2.15. The van der Waals surface area contributed by atoms with Gasteiger partial charge in [0.1, 0.15) is 0 Å². The molecule has 1 N–H and O–H groups in total. The number of nitrogens with one attached hydrogen (secondary N) is 1. The summed E-state index contributed by atoms with van der Waals surface area (Å²) in [7, 11) is 0. The quantitative estimate of drug-likeness (QED) is 0.861. The fraction of sp³-hybridized carbons (Fsp3) is 0.625. The molecule has 1 aromatic carbocycles. The maximum absolute atomic E-state index is 3.64. The van der Waals surface area contributed by atoms with Gasteiger partial charge in [0.2, 0.25) is 0 Å². The van der Waals surface area contributed by atoms with Crippen LogP contribution in [-0.2, 0) is 0 Å². The minimum atomic E-state index is 0.693. The first kappa shape index (κ1) is 13.4. The number of hydrogen-bond acceptors (Lipinski definition) is 2. The summed E-state index contributed by atoms with van der Waals surface area (Å²) in [5.74, 6) is 0. The van der Waals surface area contributed by atoms with Gasteiger partial charge in [0.15, 0.2) is 0 Å². The van der Waals surface area contributed by atoms with E-state index in [2.05, 4.69) is 49.2 Å². The van der Waals surface area contributed by atoms with E-state index in [-0.39, 0.29) is 0 Å². The van der Waals surface area contributed by atoms with E-state index >= 15 is 0 Å². The van der Waals surface area contributed by atoms with Crippen LogP contribution < -0.4 is 10.2 Å². The van der Waals surface area contributed by atoms with Gasteiger partial charge in [-0.1, -0.05) is 19.1 Å². The van der Waals surface area contributed by atoms with Crippen LogP contribution in [0.25, 0.3) is 0 Å². The van der Waals surface area contributed by atoms with Crippen LogP contribution in [0.15, 0.2) is 18.2 Å². The third-order valence-corrected chi connectivity index (χ3v) is 3.98. The van der Waals surface area contributed by atoms with Gasteiger partial charge in [-0.05, 0) is 56.8 Å². The van der Waals surface area contributed by atoms with Crippen LogP contribution in [0.4, 0.5) is 5.69 Å². The largest absolute Gasteiger partial charge is 0.371 e. The van der Waals surface area contributed by atoms with Gasteiger partial charge in [0.25, 0.3) is 0 Å². The molecule has 1 saturated heterocycles. The van der Waals surface area contributed by atoms with Crippen LogP contribution in [0.1, 0.15) is 37.3 Å². The lowest BCUT2D eigenvalue weighted by atomic mass is 10.1. The second-order valence-electron chi connectivity index (χ2n) is 5.48. The monoisotopic (exact) mass is 246 g/mol. The molecule has 1 aliphatic rings. The van der Waals surface area contributed by atoms with E-state index in [1.54, 1.807) is 0 Å². The van der Waals surface area contributed by atoms with E-state index in [4.69, 9.17) is 0 Å². The van der Waals surface area contributed by atoms with Gasteiger partial charge in [-0.2, -0.15) is 0 Å². The topological polar surface area (TPSA) is 15.3 Å². The number of rotatable bonds is 2. The summed E-state index contributed by atoms with van der Waals surface area (Å²) in [6.45, 7) is 10.2. The molecule has 0 saturated carbocycles. The van der Waals surface area contributed by atoms with Crippen LogP contribution in [0.2, 0.25) is 0 Å². The van der Waals surface area contributed by atoms with Gasteiger partial charge >= 0.3 is 0 Å². The van der Waals surface area contributed by atoms with Crippen LogP contribution >= 0.6 is 0 Å². The molecule has 1 unspecified atom stereocenters. The van der Waals surface area contributed by atoms with Crippen molar-refractivity contribution in [3.05, 3.63) is 29.3 Å². The van der Waals surface area contributed by atoms with Crippen molar-refractivity contribution in [1.29, 1.82) is 0 Å². The Balaban J connectivity index is 2.12. The van der Waals surface area contributed by atoms with E-state index in [0.29, 0.717) is 6.04 Å². The molecule has 0 amide bonds. The van der Waals surface area contributed by atoms with Gasteiger partial charge in [-0.15, -0.1) is 0 Å². The number of benzene rings is 1. The Morgan fingerprint density at radius 2 is 2.11 bits per heavy atom. The Kier molecular flexibility index (Phi) is 4.65. The normalized spacial score (nSPS) is 21.5. The predicted molar refractivity (Wildman–Crippen MR) is 79.4 cm³/mol. The predicted octanol–water partition coefficient (Wildman–Crippen LogP) is 3.27. The summed E-state index contributed by atoms with van der Waals surface area (Å²) in [5, 5.41) is 3.64. The first-order valence-corrected chi connectivity index (χ1v) is 7.26. The van der Waals surface area contributed by atoms with E-state index in [1.807, 2.05) is 0 Å². The molecule has 0 radical (unpaired) electrons. The molecule has 2 heteroatoms. The number of hydrogen-bond donors (Lipinski definition) is 1. The second-order valence-corrected chi connectivity index (χ2v) is 5.48. The van der Waals surface area contributed by atoms with Gasteiger partial charge in [0.05, 0.1) is 0 Å². The maximum Gasteiger partial charge on any atom is 0.0398 e. The van der Waals surface area contributed by atoms with Crippen molar-refractivity contribution >= 4 is 5.69 Å². The van der Waals surface area contributed by atoms with Crippen molar-refractivity contribution in [2.24, 2.45) is 0 Å². The van der Waals surface area contributed by atoms with Gasteiger partial charge in [-0.25, -0.2) is 0 Å². The summed E-state index contributed by atoms with van der Waals surface area (Å²) in [6.07, 6.45) is 3.73. The highest BCUT2D eigenvalue weighted by molar-refractivity contribution is 5.54. The molecule has 2 nitrogen and oxygen atoms in total. The Bertz CT molecular complexity index is 387. The Morgan fingerprint density at radius 1 is 1.28 bits per heavy atom. The zero-order valence-electron chi connectivity index (χ0n) is 12.0. The first-order valence-electron chi connectivity index (χ1n) is 7.26. The van der Waals surface area contributed by atoms with Crippen LogP contribution in [-0.4, -0.2) is 25.7 Å². The molecule has 0 spiro atoms. The fourth-order valence-electron chi connectivity index (χ4n) is 2.75. The van der Waals surface area contributed by atoms with Crippen LogP contribution in [0, 0.1) is 13.8 Å². The van der Waals surface area contributed by atoms with Crippen molar-refractivity contribution in [1.82, 2.24) is 5.32 Å². The minimum absolute atomic E-state index is 0.693. The summed E-state index contributed by atoms with van der Waals surface area (Å²) in [5.41, 5.74) is 4.21. The highest BCUT2D eigenvalue weighted by atomic mass is 15.1. The van der Waals surface area contributed by atoms with Gasteiger partial charge in [-0.3, -0.25) is 0 Å². The van der Waals surface area contributed by atoms with Crippen molar-refractivity contribution in [3.63, 3.8) is 0 Å². The summed E-state index contributed by atoms with van der Waals surface area (Å²) >= 11 is 0. The molecule has 2 rings (SSSR count). The SMILES string of the molecule is CCC1CCN(c2cc(C)ccc2C)CCCN1. The van der Waals surface area contributed by atoms with E-state index in [1.165, 1.54) is 49.2 Å². The molecule has 1 aliphatic heterocycles. The van der Waals surface area contributed by atoms with Crippen molar-refractivity contribution in [2.45, 2.75) is 46.1 Å². The standard InChI is InChI=1S/C16H26N2/c1-4-15-8-11-18(10-5-9-17-15)16-12-13(2)6-7-14(16)3/h6-7,12,15,17H,4-5,8-11H2,1-3H3. The Morgan fingerprint density at radius 3 is 2.89 bits per heavy atom. The molecular formula is C16H26N2. The molecule has 1 atom stereocenters. The third-order valence-electron chi connectivity index (χ3n) is 3.98. The minimum Gasteiger partial charge on any atom is -0.371 e. The van der Waals surface area contributed by atoms with E-state index in [0.717, 1.165) is 6.54 Å². The molecule has 1 aromatic rings. The van der Waals surface area contributed by atoms with Crippen LogP contribution in [0.5, 0.6) is 0 Å². The number of anilines is 1. The molecule has 1 fully saturated rings. The zero-order valence-corrected chi connectivity index (χ0v) is 12.0. The lowest BCUT2D eigenvalue weighted by Gasteiger charge is -2.31. The Labute approximate surface area is 111 Å². The highest BCUT2D eigenvalue weighted by Crippen LogP contribution is 2.23. The molecule has 1 heterocycles. The number of nitrogens with zero attached hydrogens (tertiary/aromatic N) is 1. The van der Waals surface area contributed by atoms with Crippen molar-refractivity contribution < 1.29 is 0 Å². The second kappa shape index (κ2) is 6.24. The molecule has 100 valence electrons. The maximum atomic E-state index is 3.64. The van der Waals surface area contributed by atoms with Gasteiger partial charge < -0.3 is 10.2 Å². The third kappa shape index (κ3) is 3.26. The van der Waals surface area contributed by atoms with Crippen molar-refractivity contribution in [2.75, 3.05) is 24.5 Å². The molecule has 0 aliphatic carbocycles. The average molecular weight is 246 g/mol. The Hall–Kier alpha value is -1.02. The van der Waals surface area contributed by atoms with E-state index < -0.39 is 0 Å².